The molecular formula is C63H71BN2. The van der Waals surface area contributed by atoms with Gasteiger partial charge in [-0.3, -0.25) is 0 Å². The van der Waals surface area contributed by atoms with Crippen LogP contribution in [0.3, 0.4) is 0 Å². The molecule has 6 aromatic rings. The minimum atomic E-state index is -2.36. The van der Waals surface area contributed by atoms with E-state index in [9.17, 15) is 4.11 Å². The lowest BCUT2D eigenvalue weighted by molar-refractivity contribution is 0.332. The third-order valence-electron chi connectivity index (χ3n) is 18.4. The van der Waals surface area contributed by atoms with Crippen LogP contribution in [0.5, 0.6) is 0 Å². The Balaban J connectivity index is 1.25. The van der Waals surface area contributed by atoms with E-state index < -0.39 is 6.85 Å². The first-order valence-corrected chi connectivity index (χ1v) is 25.1. The second-order valence-corrected chi connectivity index (χ2v) is 26.0. The first-order valence-electron chi connectivity index (χ1n) is 26.6. The van der Waals surface area contributed by atoms with E-state index >= 15 is 0 Å². The topological polar surface area (TPSA) is 6.48 Å². The number of hydrogen-bond acceptors (Lipinski definition) is 2. The normalized spacial score (nSPS) is 22.6. The maximum absolute atomic E-state index is 9.27. The zero-order chi connectivity index (χ0) is 49.1. The van der Waals surface area contributed by atoms with E-state index in [1.54, 1.807) is 0 Å². The maximum Gasteiger partial charge on any atom is 0.252 e. The Hall–Kier alpha value is -5.02. The predicted molar refractivity (Wildman–Crippen MR) is 284 cm³/mol. The number of hydrogen-bond donors (Lipinski definition) is 0. The molecule has 0 atom stereocenters. The number of rotatable bonds is 2. The lowest BCUT2D eigenvalue weighted by Gasteiger charge is -2.48. The van der Waals surface area contributed by atoms with Crippen molar-refractivity contribution in [2.24, 2.45) is 0 Å². The van der Waals surface area contributed by atoms with Crippen LogP contribution >= 0.6 is 0 Å². The number of benzene rings is 6. The van der Waals surface area contributed by atoms with E-state index in [1.165, 1.54) is 77.7 Å². The van der Waals surface area contributed by atoms with Gasteiger partial charge < -0.3 is 9.80 Å². The van der Waals surface area contributed by atoms with Gasteiger partial charge in [-0.25, -0.2) is 0 Å². The highest BCUT2D eigenvalue weighted by molar-refractivity contribution is 7.00. The highest BCUT2D eigenvalue weighted by atomic mass is 15.2. The quantitative estimate of drug-likeness (QED) is 0.160. The molecule has 12 rings (SSSR count). The van der Waals surface area contributed by atoms with Crippen molar-refractivity contribution >= 4 is 57.2 Å². The van der Waals surface area contributed by atoms with Gasteiger partial charge >= 0.3 is 0 Å². The number of aryl methyl sites for hydroxylation is 1. The van der Waals surface area contributed by atoms with Crippen molar-refractivity contribution in [3.63, 3.8) is 0 Å². The van der Waals surface area contributed by atoms with E-state index in [-0.39, 0.29) is 44.6 Å². The molecule has 0 fully saturated rings. The molecule has 0 saturated heterocycles. The first kappa shape index (κ1) is 39.0. The lowest BCUT2D eigenvalue weighted by atomic mass is 9.32. The Morgan fingerprint density at radius 3 is 1.55 bits per heavy atom. The summed E-state index contributed by atoms with van der Waals surface area (Å²) in [6.45, 7) is 31.3. The summed E-state index contributed by atoms with van der Waals surface area (Å²) in [5, 5.41) is 0. The molecule has 0 N–H and O–H groups in total. The highest BCUT2D eigenvalue weighted by Gasteiger charge is 2.51. The summed E-state index contributed by atoms with van der Waals surface area (Å²) < 4.78 is 27.8. The summed E-state index contributed by atoms with van der Waals surface area (Å²) in [5.41, 5.74) is 24.0. The third kappa shape index (κ3) is 5.55. The average Bonchev–Trinajstić information content (AvgIpc) is 3.62. The van der Waals surface area contributed by atoms with Crippen molar-refractivity contribution in [3.05, 3.63) is 147 Å². The smallest absolute Gasteiger partial charge is 0.252 e. The molecule has 0 spiro atoms. The van der Waals surface area contributed by atoms with Crippen LogP contribution in [0.1, 0.15) is 183 Å². The molecule has 2 heterocycles. The van der Waals surface area contributed by atoms with Gasteiger partial charge in [0.1, 0.15) is 0 Å². The molecule has 2 aliphatic heterocycles. The molecule has 0 aromatic heterocycles. The molecule has 0 radical (unpaired) electrons. The number of nitrogens with zero attached hydrogens (tertiary/aromatic N) is 2. The fraction of sp³-hybridized carbons (Fsp3) is 0.429. The van der Waals surface area contributed by atoms with Crippen LogP contribution in [0.25, 0.3) is 11.1 Å². The second kappa shape index (κ2) is 12.9. The molecule has 0 unspecified atom stereocenters. The molecular weight excluding hydrogens is 796 g/mol. The van der Waals surface area contributed by atoms with Crippen LogP contribution in [0.2, 0.25) is 0 Å². The summed E-state index contributed by atoms with van der Waals surface area (Å²) in [4.78, 5) is 5.03. The van der Waals surface area contributed by atoms with Crippen molar-refractivity contribution in [2.45, 2.75) is 174 Å². The minimum absolute atomic E-state index is 0.0152. The Morgan fingerprint density at radius 2 is 0.924 bits per heavy atom. The molecule has 66 heavy (non-hydrogen) atoms. The summed E-state index contributed by atoms with van der Waals surface area (Å²) in [5.74, 6) is 0. The van der Waals surface area contributed by atoms with E-state index in [1.807, 2.05) is 0 Å². The standard InChI is InChI=1S/C63H71BN2/c1-37-29-53-56-54(30-37)66(50-22-18-21-42-55(50)39-19-16-17-20-40(39)63(42,14)15)52-35-47-45(61(10,11)36-62(47,12)13)33-49(52)64(56)48-32-44-46(60(8,9)28-27-59(44,6)7)34-51(48)65(53)38-23-24-41-43(31-38)58(4,5)26-25-57(41,2)3/h16-24,29-35H,25-28,36H2,1-15H3/i1D3. The van der Waals surface area contributed by atoms with Crippen LogP contribution in [0.15, 0.2) is 97.1 Å². The van der Waals surface area contributed by atoms with Crippen molar-refractivity contribution in [1.82, 2.24) is 0 Å². The van der Waals surface area contributed by atoms with Crippen LogP contribution in [0, 0.1) is 6.85 Å². The SMILES string of the molecule is [2H]C([2H])([2H])c1cc2c3c(c1)N(c1cccc4c1-c1ccccc1C4(C)C)c1cc4c(cc1B3c1cc3c(cc1N2c1ccc2c(c1)C(C)(C)CCC2(C)C)C(C)(C)CCC3(C)C)C(C)(C)CC4(C)C. The Kier molecular flexibility index (Phi) is 7.65. The molecule has 336 valence electrons. The highest BCUT2D eigenvalue weighted by Crippen LogP contribution is 2.58. The molecule has 0 amide bonds. The predicted octanol–water partition coefficient (Wildman–Crippen LogP) is 15.0. The Bertz CT molecular complexity index is 3250. The third-order valence-corrected chi connectivity index (χ3v) is 18.4. The van der Waals surface area contributed by atoms with E-state index in [0.717, 1.165) is 60.5 Å². The van der Waals surface area contributed by atoms with Gasteiger partial charge in [-0.15, -0.1) is 0 Å². The number of fused-ring (bicyclic) bond motifs is 10. The largest absolute Gasteiger partial charge is 0.311 e. The zero-order valence-corrected chi connectivity index (χ0v) is 42.2. The van der Waals surface area contributed by atoms with Crippen molar-refractivity contribution < 1.29 is 4.11 Å². The van der Waals surface area contributed by atoms with Crippen LogP contribution in [-0.2, 0) is 37.9 Å². The van der Waals surface area contributed by atoms with Gasteiger partial charge in [0.15, 0.2) is 0 Å². The molecule has 6 aromatic carbocycles. The van der Waals surface area contributed by atoms with Gasteiger partial charge in [-0.1, -0.05) is 152 Å². The fourth-order valence-corrected chi connectivity index (χ4v) is 14.7. The van der Waals surface area contributed by atoms with Gasteiger partial charge in [0.25, 0.3) is 6.71 Å². The second-order valence-electron chi connectivity index (χ2n) is 26.0. The van der Waals surface area contributed by atoms with Crippen LogP contribution < -0.4 is 26.2 Å². The molecule has 6 aliphatic rings. The Morgan fingerprint density at radius 1 is 0.424 bits per heavy atom. The van der Waals surface area contributed by atoms with Gasteiger partial charge in [-0.05, 0) is 186 Å². The van der Waals surface area contributed by atoms with Gasteiger partial charge in [0.2, 0.25) is 0 Å². The maximum atomic E-state index is 9.27. The van der Waals surface area contributed by atoms with Gasteiger partial charge in [-0.2, -0.15) is 0 Å². The van der Waals surface area contributed by atoms with Crippen LogP contribution in [-0.4, -0.2) is 6.71 Å². The lowest BCUT2D eigenvalue weighted by Crippen LogP contribution is -2.62. The van der Waals surface area contributed by atoms with E-state index in [0.29, 0.717) is 5.56 Å². The fourth-order valence-electron chi connectivity index (χ4n) is 14.7. The average molecular weight is 870 g/mol. The summed E-state index contributed by atoms with van der Waals surface area (Å²) >= 11 is 0. The Labute approximate surface area is 401 Å². The first-order chi connectivity index (χ1) is 32.1. The monoisotopic (exact) mass is 870 g/mol. The molecule has 3 heteroatoms. The van der Waals surface area contributed by atoms with E-state index in [2.05, 4.69) is 204 Å². The molecule has 0 saturated carbocycles. The van der Waals surface area contributed by atoms with Crippen molar-refractivity contribution in [1.29, 1.82) is 0 Å². The molecule has 0 bridgehead atoms. The summed E-state index contributed by atoms with van der Waals surface area (Å²) in [6, 6.07) is 37.5. The molecule has 2 nitrogen and oxygen atoms in total. The van der Waals surface area contributed by atoms with Gasteiger partial charge in [0.05, 0.1) is 5.69 Å². The summed E-state index contributed by atoms with van der Waals surface area (Å²) in [7, 11) is 0. The zero-order valence-electron chi connectivity index (χ0n) is 45.2. The van der Waals surface area contributed by atoms with Crippen LogP contribution in [0.4, 0.5) is 34.1 Å². The summed E-state index contributed by atoms with van der Waals surface area (Å²) in [6.07, 6.45) is 5.54. The minimum Gasteiger partial charge on any atom is -0.311 e. The van der Waals surface area contributed by atoms with E-state index in [4.69, 9.17) is 0 Å². The number of anilines is 6. The van der Waals surface area contributed by atoms with Crippen molar-refractivity contribution in [3.8, 4) is 11.1 Å². The van der Waals surface area contributed by atoms with Gasteiger partial charge in [0, 0.05) is 43.5 Å². The molecule has 4 aliphatic carbocycles. The van der Waals surface area contributed by atoms with Crippen molar-refractivity contribution in [2.75, 3.05) is 9.80 Å².